The molecule has 116 valence electrons. The summed E-state index contributed by atoms with van der Waals surface area (Å²) in [5.74, 6) is 0.0140. The van der Waals surface area contributed by atoms with Crippen LogP contribution in [0.4, 0.5) is 18.9 Å². The van der Waals surface area contributed by atoms with Crippen LogP contribution >= 0.6 is 11.8 Å². The van der Waals surface area contributed by atoms with Crippen LogP contribution in [0, 0.1) is 5.92 Å². The van der Waals surface area contributed by atoms with Gasteiger partial charge in [0.05, 0.1) is 5.69 Å². The molecule has 1 fully saturated rings. The molecule has 0 bridgehead atoms. The highest BCUT2D eigenvalue weighted by Gasteiger charge is 2.30. The Kier molecular flexibility index (Phi) is 5.52. The van der Waals surface area contributed by atoms with E-state index < -0.39 is 5.51 Å². The molecule has 0 radical (unpaired) electrons. The standard InChI is InChI=1S/C14H17F3N2OS/c15-14(16,17)21-12-6-2-1-5-11(12)19-13(20)8-10-4-3-7-18-9-10/h1-2,5-6,10,18H,3-4,7-9H2,(H,19,20). The third-order valence-electron chi connectivity index (χ3n) is 3.26. The van der Waals surface area contributed by atoms with E-state index in [0.717, 1.165) is 25.9 Å². The van der Waals surface area contributed by atoms with Crippen molar-refractivity contribution in [3.8, 4) is 0 Å². The minimum absolute atomic E-state index is 0.0140. The highest BCUT2D eigenvalue weighted by molar-refractivity contribution is 8.00. The summed E-state index contributed by atoms with van der Waals surface area (Å²) in [6.07, 6.45) is 2.33. The lowest BCUT2D eigenvalue weighted by Gasteiger charge is -2.22. The van der Waals surface area contributed by atoms with E-state index in [1.165, 1.54) is 18.2 Å². The van der Waals surface area contributed by atoms with Crippen molar-refractivity contribution >= 4 is 23.4 Å². The quantitative estimate of drug-likeness (QED) is 0.833. The van der Waals surface area contributed by atoms with Crippen LogP contribution in [0.5, 0.6) is 0 Å². The fourth-order valence-corrected chi connectivity index (χ4v) is 2.97. The number of thioether (sulfide) groups is 1. The molecule has 0 aromatic heterocycles. The van der Waals surface area contributed by atoms with Crippen molar-refractivity contribution in [2.75, 3.05) is 18.4 Å². The van der Waals surface area contributed by atoms with Crippen molar-refractivity contribution < 1.29 is 18.0 Å². The molecule has 1 saturated heterocycles. The Morgan fingerprint density at radius 1 is 1.38 bits per heavy atom. The minimum atomic E-state index is -4.37. The van der Waals surface area contributed by atoms with Crippen LogP contribution in [-0.4, -0.2) is 24.5 Å². The number of para-hydroxylation sites is 1. The Balaban J connectivity index is 1.96. The third kappa shape index (κ3) is 5.59. The second kappa shape index (κ2) is 7.17. The van der Waals surface area contributed by atoms with Crippen molar-refractivity contribution in [2.45, 2.75) is 29.7 Å². The maximum Gasteiger partial charge on any atom is 0.446 e. The van der Waals surface area contributed by atoms with Gasteiger partial charge in [0.1, 0.15) is 0 Å². The summed E-state index contributed by atoms with van der Waals surface area (Å²) in [5, 5.41) is 5.81. The van der Waals surface area contributed by atoms with E-state index in [1.54, 1.807) is 6.07 Å². The molecule has 0 aliphatic carbocycles. The third-order valence-corrected chi connectivity index (χ3v) is 4.07. The zero-order chi connectivity index (χ0) is 15.3. The monoisotopic (exact) mass is 318 g/mol. The highest BCUT2D eigenvalue weighted by Crippen LogP contribution is 2.40. The van der Waals surface area contributed by atoms with Gasteiger partial charge in [-0.1, -0.05) is 12.1 Å². The van der Waals surface area contributed by atoms with Crippen molar-refractivity contribution in [1.29, 1.82) is 0 Å². The van der Waals surface area contributed by atoms with Crippen LogP contribution in [0.15, 0.2) is 29.2 Å². The van der Waals surface area contributed by atoms with Gasteiger partial charge in [-0.15, -0.1) is 0 Å². The van der Waals surface area contributed by atoms with Crippen LogP contribution in [0.1, 0.15) is 19.3 Å². The molecule has 1 atom stereocenters. The van der Waals surface area contributed by atoms with Gasteiger partial charge in [-0.25, -0.2) is 0 Å². The summed E-state index contributed by atoms with van der Waals surface area (Å²) >= 11 is -0.212. The van der Waals surface area contributed by atoms with E-state index in [9.17, 15) is 18.0 Å². The Morgan fingerprint density at radius 2 is 2.14 bits per heavy atom. The molecule has 1 aliphatic rings. The number of carbonyl (C=O) groups excluding carboxylic acids is 1. The number of amides is 1. The number of piperidine rings is 1. The Labute approximate surface area is 125 Å². The number of hydrogen-bond acceptors (Lipinski definition) is 3. The van der Waals surface area contributed by atoms with Crippen molar-refractivity contribution in [3.63, 3.8) is 0 Å². The first kappa shape index (κ1) is 16.2. The van der Waals surface area contributed by atoms with E-state index in [4.69, 9.17) is 0 Å². The zero-order valence-electron chi connectivity index (χ0n) is 11.4. The molecule has 3 nitrogen and oxygen atoms in total. The molecular weight excluding hydrogens is 301 g/mol. The first-order chi connectivity index (χ1) is 9.94. The van der Waals surface area contributed by atoms with Gasteiger partial charge in [0.25, 0.3) is 0 Å². The number of halogens is 3. The van der Waals surface area contributed by atoms with Gasteiger partial charge in [0.2, 0.25) is 5.91 Å². The van der Waals surface area contributed by atoms with Gasteiger partial charge in [-0.3, -0.25) is 4.79 Å². The average molecular weight is 318 g/mol. The first-order valence-electron chi connectivity index (χ1n) is 6.79. The summed E-state index contributed by atoms with van der Waals surface area (Å²) in [6, 6.07) is 5.98. The molecule has 7 heteroatoms. The van der Waals surface area contributed by atoms with Crippen LogP contribution in [0.2, 0.25) is 0 Å². The molecule has 1 aromatic rings. The molecule has 1 aromatic carbocycles. The smallest absolute Gasteiger partial charge is 0.325 e. The highest BCUT2D eigenvalue weighted by atomic mass is 32.2. The minimum Gasteiger partial charge on any atom is -0.325 e. The summed E-state index contributed by atoms with van der Waals surface area (Å²) in [5.41, 5.74) is -4.15. The normalized spacial score (nSPS) is 19.3. The molecule has 0 saturated carbocycles. The Morgan fingerprint density at radius 3 is 2.81 bits per heavy atom. The lowest BCUT2D eigenvalue weighted by atomic mass is 9.96. The molecule has 1 amide bonds. The zero-order valence-corrected chi connectivity index (χ0v) is 12.2. The molecule has 2 N–H and O–H groups in total. The van der Waals surface area contributed by atoms with Gasteiger partial charge in [0.15, 0.2) is 0 Å². The summed E-state index contributed by atoms with van der Waals surface area (Å²) < 4.78 is 37.4. The van der Waals surface area contributed by atoms with Crippen molar-refractivity contribution in [2.24, 2.45) is 5.92 Å². The number of benzene rings is 1. The van der Waals surface area contributed by atoms with Crippen LogP contribution in [0.25, 0.3) is 0 Å². The van der Waals surface area contributed by atoms with Gasteiger partial charge < -0.3 is 10.6 Å². The lowest BCUT2D eigenvalue weighted by Crippen LogP contribution is -2.32. The summed E-state index contributed by atoms with van der Waals surface area (Å²) in [4.78, 5) is 12.0. The van der Waals surface area contributed by atoms with Crippen LogP contribution in [0.3, 0.4) is 0 Å². The molecule has 1 heterocycles. The van der Waals surface area contributed by atoms with Crippen LogP contribution < -0.4 is 10.6 Å². The predicted octanol–water partition coefficient (Wildman–Crippen LogP) is 3.63. The maximum absolute atomic E-state index is 12.5. The second-order valence-electron chi connectivity index (χ2n) is 5.01. The SMILES string of the molecule is O=C(CC1CCCNC1)Nc1ccccc1SC(F)(F)F. The van der Waals surface area contributed by atoms with E-state index in [-0.39, 0.29) is 34.2 Å². The largest absolute Gasteiger partial charge is 0.446 e. The number of alkyl halides is 3. The fraction of sp³-hybridized carbons (Fsp3) is 0.500. The van der Waals surface area contributed by atoms with Crippen molar-refractivity contribution in [1.82, 2.24) is 5.32 Å². The fourth-order valence-electron chi connectivity index (χ4n) is 2.35. The maximum atomic E-state index is 12.5. The number of nitrogens with one attached hydrogen (secondary N) is 2. The summed E-state index contributed by atoms with van der Waals surface area (Å²) in [6.45, 7) is 1.75. The average Bonchev–Trinajstić information content (AvgIpc) is 2.40. The Bertz CT molecular complexity index is 487. The topological polar surface area (TPSA) is 41.1 Å². The molecule has 21 heavy (non-hydrogen) atoms. The molecule has 1 aliphatic heterocycles. The van der Waals surface area contributed by atoms with Gasteiger partial charge >= 0.3 is 5.51 Å². The summed E-state index contributed by atoms with van der Waals surface area (Å²) in [7, 11) is 0. The Hall–Kier alpha value is -1.21. The van der Waals surface area contributed by atoms with E-state index >= 15 is 0 Å². The van der Waals surface area contributed by atoms with Gasteiger partial charge in [-0.2, -0.15) is 13.2 Å². The van der Waals surface area contributed by atoms with E-state index in [2.05, 4.69) is 10.6 Å². The molecular formula is C14H17F3N2OS. The van der Waals surface area contributed by atoms with Crippen LogP contribution in [-0.2, 0) is 4.79 Å². The van der Waals surface area contributed by atoms with Crippen molar-refractivity contribution in [3.05, 3.63) is 24.3 Å². The van der Waals surface area contributed by atoms with E-state index in [1.807, 2.05) is 0 Å². The van der Waals surface area contributed by atoms with Gasteiger partial charge in [0, 0.05) is 11.3 Å². The van der Waals surface area contributed by atoms with E-state index in [0.29, 0.717) is 6.42 Å². The van der Waals surface area contributed by atoms with Gasteiger partial charge in [-0.05, 0) is 55.7 Å². The molecule has 1 unspecified atom stereocenters. The number of anilines is 1. The second-order valence-corrected chi connectivity index (χ2v) is 6.12. The number of hydrogen-bond donors (Lipinski definition) is 2. The number of rotatable bonds is 4. The molecule has 0 spiro atoms. The lowest BCUT2D eigenvalue weighted by molar-refractivity contribution is -0.117. The predicted molar refractivity (Wildman–Crippen MR) is 77.2 cm³/mol. The number of carbonyl (C=O) groups is 1. The first-order valence-corrected chi connectivity index (χ1v) is 7.61. The molecule has 2 rings (SSSR count).